The third-order valence-electron chi connectivity index (χ3n) is 5.63. The molecule has 0 fully saturated rings. The minimum absolute atomic E-state index is 0.128. The summed E-state index contributed by atoms with van der Waals surface area (Å²) in [5.41, 5.74) is 2.20. The van der Waals surface area contributed by atoms with E-state index in [2.05, 4.69) is 5.32 Å². The van der Waals surface area contributed by atoms with Gasteiger partial charge in [0.05, 0.1) is 12.7 Å². The highest BCUT2D eigenvalue weighted by atomic mass is 19.1. The number of aromatic carboxylic acids is 1. The number of para-hydroxylation sites is 1. The smallest absolute Gasteiger partial charge is 0.338 e. The fourth-order valence-electron chi connectivity index (χ4n) is 4.05. The molecule has 3 aromatic rings. The topological polar surface area (TPSA) is 67.8 Å². The van der Waals surface area contributed by atoms with Crippen molar-refractivity contribution in [1.29, 1.82) is 0 Å². The van der Waals surface area contributed by atoms with Crippen LogP contribution in [0.3, 0.4) is 0 Å². The van der Waals surface area contributed by atoms with Crippen molar-refractivity contribution in [1.82, 2.24) is 5.32 Å². The molecule has 0 aromatic heterocycles. The van der Waals surface area contributed by atoms with Gasteiger partial charge >= 0.3 is 5.97 Å². The summed E-state index contributed by atoms with van der Waals surface area (Å²) in [6, 6.07) is 16.5. The van der Waals surface area contributed by atoms with Crippen molar-refractivity contribution in [3.8, 4) is 11.5 Å². The molecule has 166 valence electrons. The van der Waals surface area contributed by atoms with Crippen molar-refractivity contribution in [2.24, 2.45) is 0 Å². The number of ether oxygens (including phenoxy) is 2. The molecule has 0 radical (unpaired) electrons. The largest absolute Gasteiger partial charge is 0.494 e. The Hall–Kier alpha value is -3.45. The number of nitrogens with one attached hydrogen (secondary N) is 1. The van der Waals surface area contributed by atoms with E-state index in [1.807, 2.05) is 24.3 Å². The number of hydrogen-bond acceptors (Lipinski definition) is 4. The van der Waals surface area contributed by atoms with Crippen LogP contribution in [0.2, 0.25) is 0 Å². The Balaban J connectivity index is 1.51. The molecular weight excluding hydrogens is 416 g/mol. The van der Waals surface area contributed by atoms with E-state index in [4.69, 9.17) is 9.47 Å². The number of fused-ring (bicyclic) bond motifs is 1. The summed E-state index contributed by atoms with van der Waals surface area (Å²) in [6.07, 6.45) is 0.414. The van der Waals surface area contributed by atoms with E-state index in [1.165, 1.54) is 25.3 Å². The van der Waals surface area contributed by atoms with E-state index >= 15 is 0 Å². The van der Waals surface area contributed by atoms with Crippen molar-refractivity contribution < 1.29 is 28.2 Å². The molecule has 1 aliphatic heterocycles. The van der Waals surface area contributed by atoms with Gasteiger partial charge < -0.3 is 19.9 Å². The minimum atomic E-state index is -1.29. The van der Waals surface area contributed by atoms with Crippen LogP contribution in [-0.4, -0.2) is 30.8 Å². The molecule has 0 saturated heterocycles. The quantitative estimate of drug-likeness (QED) is 0.556. The zero-order valence-electron chi connectivity index (χ0n) is 17.5. The molecule has 4 rings (SSSR count). The summed E-state index contributed by atoms with van der Waals surface area (Å²) in [5, 5.41) is 12.6. The van der Waals surface area contributed by atoms with Crippen molar-refractivity contribution in [2.75, 3.05) is 13.7 Å². The molecule has 1 aliphatic rings. The lowest BCUT2D eigenvalue weighted by atomic mass is 9.83. The Morgan fingerprint density at radius 1 is 1.12 bits per heavy atom. The van der Waals surface area contributed by atoms with Crippen LogP contribution < -0.4 is 14.8 Å². The van der Waals surface area contributed by atoms with E-state index in [-0.39, 0.29) is 23.3 Å². The van der Waals surface area contributed by atoms with Crippen molar-refractivity contribution in [3.63, 3.8) is 0 Å². The first-order valence-corrected chi connectivity index (χ1v) is 10.3. The first-order valence-electron chi connectivity index (χ1n) is 10.3. The molecule has 7 heteroatoms. The molecule has 0 saturated carbocycles. The maximum absolute atomic E-state index is 13.9. The average molecular weight is 439 g/mol. The third kappa shape index (κ3) is 4.57. The Labute approximate surface area is 184 Å². The van der Waals surface area contributed by atoms with E-state index in [9.17, 15) is 18.7 Å². The van der Waals surface area contributed by atoms with Crippen molar-refractivity contribution >= 4 is 5.97 Å². The van der Waals surface area contributed by atoms with E-state index in [1.54, 1.807) is 18.2 Å². The number of benzene rings is 3. The van der Waals surface area contributed by atoms with E-state index in [0.29, 0.717) is 19.5 Å². The summed E-state index contributed by atoms with van der Waals surface area (Å²) in [5.74, 6) is -1.67. The average Bonchev–Trinajstić information content (AvgIpc) is 2.80. The van der Waals surface area contributed by atoms with Gasteiger partial charge in [-0.3, -0.25) is 0 Å². The van der Waals surface area contributed by atoms with Crippen LogP contribution >= 0.6 is 0 Å². The fourth-order valence-corrected chi connectivity index (χ4v) is 4.05. The lowest BCUT2D eigenvalue weighted by molar-refractivity contribution is 0.0691. The maximum Gasteiger partial charge on any atom is 0.338 e. The van der Waals surface area contributed by atoms with Crippen molar-refractivity contribution in [2.45, 2.75) is 25.0 Å². The second-order valence-corrected chi connectivity index (χ2v) is 7.71. The van der Waals surface area contributed by atoms with Gasteiger partial charge in [0.1, 0.15) is 17.7 Å². The van der Waals surface area contributed by atoms with Gasteiger partial charge in [-0.15, -0.1) is 0 Å². The van der Waals surface area contributed by atoms with Crippen LogP contribution in [0.5, 0.6) is 11.5 Å². The fraction of sp³-hybridized carbons (Fsp3) is 0.240. The standard InChI is InChI=1S/C25H23F2NO4/c1-31-24-10-15(6-8-22(24)27)13-28-14-17-12-19(18-4-2-3-5-23(18)32-17)16-7-9-21(26)20(11-16)25(29)30/h2-11,17,19,28H,12-14H2,1H3,(H,29,30). The van der Waals surface area contributed by atoms with Crippen LogP contribution in [0.4, 0.5) is 8.78 Å². The molecule has 3 aromatic carbocycles. The van der Waals surface area contributed by atoms with Crippen LogP contribution in [-0.2, 0) is 6.54 Å². The molecule has 1 heterocycles. The minimum Gasteiger partial charge on any atom is -0.494 e. The zero-order valence-corrected chi connectivity index (χ0v) is 17.5. The van der Waals surface area contributed by atoms with Gasteiger partial charge in [-0.25, -0.2) is 13.6 Å². The highest BCUT2D eigenvalue weighted by Crippen LogP contribution is 2.40. The van der Waals surface area contributed by atoms with Gasteiger partial charge in [-0.2, -0.15) is 0 Å². The lowest BCUT2D eigenvalue weighted by Crippen LogP contribution is -2.35. The molecule has 0 bridgehead atoms. The summed E-state index contributed by atoms with van der Waals surface area (Å²) in [7, 11) is 1.42. The molecule has 0 spiro atoms. The van der Waals surface area contributed by atoms with Gasteiger partial charge in [0.2, 0.25) is 0 Å². The number of methoxy groups -OCH3 is 1. The van der Waals surface area contributed by atoms with Gasteiger partial charge in [0.25, 0.3) is 0 Å². The third-order valence-corrected chi connectivity index (χ3v) is 5.63. The van der Waals surface area contributed by atoms with E-state index < -0.39 is 17.6 Å². The second-order valence-electron chi connectivity index (χ2n) is 7.71. The number of halogens is 2. The van der Waals surface area contributed by atoms with Gasteiger partial charge in [0.15, 0.2) is 11.6 Å². The normalized spacial score (nSPS) is 17.3. The molecule has 32 heavy (non-hydrogen) atoms. The zero-order chi connectivity index (χ0) is 22.7. The molecule has 0 aliphatic carbocycles. The number of hydrogen-bond donors (Lipinski definition) is 2. The number of carbonyl (C=O) groups is 1. The van der Waals surface area contributed by atoms with Crippen molar-refractivity contribution in [3.05, 3.63) is 94.6 Å². The number of carboxylic acids is 1. The Morgan fingerprint density at radius 2 is 1.91 bits per heavy atom. The predicted molar refractivity (Wildman–Crippen MR) is 115 cm³/mol. The van der Waals surface area contributed by atoms with E-state index in [0.717, 1.165) is 22.4 Å². The summed E-state index contributed by atoms with van der Waals surface area (Å²) in [4.78, 5) is 11.4. The summed E-state index contributed by atoms with van der Waals surface area (Å²) >= 11 is 0. The second kappa shape index (κ2) is 9.36. The van der Waals surface area contributed by atoms with Crippen LogP contribution in [0.1, 0.15) is 39.4 Å². The highest BCUT2D eigenvalue weighted by Gasteiger charge is 2.30. The summed E-state index contributed by atoms with van der Waals surface area (Å²) in [6.45, 7) is 1.03. The Morgan fingerprint density at radius 3 is 2.69 bits per heavy atom. The van der Waals surface area contributed by atoms with Crippen LogP contribution in [0, 0.1) is 11.6 Å². The van der Waals surface area contributed by atoms with Gasteiger partial charge in [-0.05, 0) is 47.9 Å². The first kappa shape index (κ1) is 21.8. The molecule has 2 atom stereocenters. The van der Waals surface area contributed by atoms with Gasteiger partial charge in [-0.1, -0.05) is 30.3 Å². The van der Waals surface area contributed by atoms with Crippen LogP contribution in [0.25, 0.3) is 0 Å². The Bertz CT molecular complexity index is 1130. The SMILES string of the molecule is COc1cc(CNCC2CC(c3ccc(F)c(C(=O)O)c3)c3ccccc3O2)ccc1F. The molecule has 0 amide bonds. The molecule has 2 N–H and O–H groups in total. The first-order chi connectivity index (χ1) is 15.5. The van der Waals surface area contributed by atoms with Crippen LogP contribution in [0.15, 0.2) is 60.7 Å². The molecule has 2 unspecified atom stereocenters. The summed E-state index contributed by atoms with van der Waals surface area (Å²) < 4.78 is 38.7. The monoisotopic (exact) mass is 439 g/mol. The highest BCUT2D eigenvalue weighted by molar-refractivity contribution is 5.88. The Kier molecular flexibility index (Phi) is 6.37. The predicted octanol–water partition coefficient (Wildman–Crippen LogP) is 4.74. The molecule has 5 nitrogen and oxygen atoms in total. The van der Waals surface area contributed by atoms with Gasteiger partial charge in [0, 0.05) is 24.6 Å². The number of rotatable bonds is 7. The lowest BCUT2D eigenvalue weighted by Gasteiger charge is -2.33. The maximum atomic E-state index is 13.9. The number of carboxylic acid groups (broad SMARTS) is 1. The molecular formula is C25H23F2NO4.